The standard InChI is InChI=1S/C16H15ClN4O2/c1-20-16(21-7-3-4-8-21)12(10-18-20)15(22)19-14-9-11(23-2)5-6-13(14)17/h3-10H,1-2H3,(H,19,22). The first-order valence-electron chi connectivity index (χ1n) is 6.90. The van der Waals surface area contributed by atoms with Gasteiger partial charge in [-0.05, 0) is 24.3 Å². The van der Waals surface area contributed by atoms with E-state index in [4.69, 9.17) is 16.3 Å². The summed E-state index contributed by atoms with van der Waals surface area (Å²) in [6.45, 7) is 0. The molecule has 0 aliphatic carbocycles. The Morgan fingerprint density at radius 2 is 2.04 bits per heavy atom. The highest BCUT2D eigenvalue weighted by molar-refractivity contribution is 6.34. The Morgan fingerprint density at radius 3 is 2.74 bits per heavy atom. The van der Waals surface area contributed by atoms with E-state index in [9.17, 15) is 4.79 Å². The van der Waals surface area contributed by atoms with E-state index in [1.807, 2.05) is 29.1 Å². The molecule has 0 bridgehead atoms. The van der Waals surface area contributed by atoms with E-state index in [-0.39, 0.29) is 5.91 Å². The Hall–Kier alpha value is -2.73. The first-order valence-corrected chi connectivity index (χ1v) is 7.28. The van der Waals surface area contributed by atoms with Crippen LogP contribution in [-0.2, 0) is 7.05 Å². The van der Waals surface area contributed by atoms with Gasteiger partial charge in [0, 0.05) is 25.5 Å². The maximum Gasteiger partial charge on any atom is 0.261 e. The third-order valence-electron chi connectivity index (χ3n) is 3.42. The minimum Gasteiger partial charge on any atom is -0.497 e. The summed E-state index contributed by atoms with van der Waals surface area (Å²) in [4.78, 5) is 12.6. The van der Waals surface area contributed by atoms with Crippen molar-refractivity contribution in [3.05, 3.63) is 59.5 Å². The van der Waals surface area contributed by atoms with Crippen LogP contribution in [0.5, 0.6) is 5.75 Å². The molecule has 1 amide bonds. The van der Waals surface area contributed by atoms with Crippen LogP contribution in [0.15, 0.2) is 48.9 Å². The smallest absolute Gasteiger partial charge is 0.261 e. The van der Waals surface area contributed by atoms with Gasteiger partial charge in [0.1, 0.15) is 17.1 Å². The highest BCUT2D eigenvalue weighted by atomic mass is 35.5. The van der Waals surface area contributed by atoms with Crippen molar-refractivity contribution in [3.63, 3.8) is 0 Å². The number of nitrogens with zero attached hydrogens (tertiary/aromatic N) is 3. The number of methoxy groups -OCH3 is 1. The van der Waals surface area contributed by atoms with Gasteiger partial charge in [-0.1, -0.05) is 11.6 Å². The number of rotatable bonds is 4. The molecule has 0 aliphatic heterocycles. The summed E-state index contributed by atoms with van der Waals surface area (Å²) in [5, 5.41) is 7.40. The fourth-order valence-corrected chi connectivity index (χ4v) is 2.45. The first kappa shape index (κ1) is 15.2. The van der Waals surface area contributed by atoms with E-state index in [0.717, 1.165) is 0 Å². The fraction of sp³-hybridized carbons (Fsp3) is 0.125. The molecule has 0 spiro atoms. The summed E-state index contributed by atoms with van der Waals surface area (Å²) >= 11 is 6.13. The van der Waals surface area contributed by atoms with Crippen molar-refractivity contribution in [1.29, 1.82) is 0 Å². The third kappa shape index (κ3) is 2.93. The minimum absolute atomic E-state index is 0.294. The van der Waals surface area contributed by atoms with Crippen LogP contribution in [0.2, 0.25) is 5.02 Å². The van der Waals surface area contributed by atoms with Gasteiger partial charge in [-0.15, -0.1) is 0 Å². The molecule has 0 fully saturated rings. The number of nitrogens with one attached hydrogen (secondary N) is 1. The number of anilines is 1. The number of carbonyl (C=O) groups is 1. The second kappa shape index (κ2) is 6.18. The molecule has 1 aromatic carbocycles. The van der Waals surface area contributed by atoms with Crippen LogP contribution in [0.25, 0.3) is 5.82 Å². The largest absolute Gasteiger partial charge is 0.497 e. The second-order valence-corrected chi connectivity index (χ2v) is 5.30. The number of aromatic nitrogens is 3. The lowest BCUT2D eigenvalue weighted by Crippen LogP contribution is -2.15. The predicted octanol–water partition coefficient (Wildman–Crippen LogP) is 3.13. The number of amides is 1. The summed E-state index contributed by atoms with van der Waals surface area (Å²) in [7, 11) is 3.34. The molecule has 2 heterocycles. The Bertz CT molecular complexity index is 840. The number of hydrogen-bond acceptors (Lipinski definition) is 3. The molecule has 2 aromatic heterocycles. The lowest BCUT2D eigenvalue weighted by atomic mass is 10.2. The van der Waals surface area contributed by atoms with E-state index in [1.165, 1.54) is 6.20 Å². The van der Waals surface area contributed by atoms with Gasteiger partial charge in [-0.3, -0.25) is 9.48 Å². The maximum atomic E-state index is 12.6. The average molecular weight is 331 g/mol. The lowest BCUT2D eigenvalue weighted by Gasteiger charge is -2.10. The van der Waals surface area contributed by atoms with Crippen molar-refractivity contribution in [1.82, 2.24) is 14.3 Å². The van der Waals surface area contributed by atoms with Gasteiger partial charge in [0.2, 0.25) is 0 Å². The summed E-state index contributed by atoms with van der Waals surface area (Å²) in [5.74, 6) is 0.991. The van der Waals surface area contributed by atoms with Crippen LogP contribution < -0.4 is 10.1 Å². The molecule has 6 nitrogen and oxygen atoms in total. The van der Waals surface area contributed by atoms with Crippen LogP contribution in [0.1, 0.15) is 10.4 Å². The number of halogens is 1. The molecular formula is C16H15ClN4O2. The van der Waals surface area contributed by atoms with Crippen LogP contribution in [0.3, 0.4) is 0 Å². The van der Waals surface area contributed by atoms with Crippen molar-refractivity contribution in [2.24, 2.45) is 7.05 Å². The van der Waals surface area contributed by atoms with Crippen molar-refractivity contribution >= 4 is 23.2 Å². The van der Waals surface area contributed by atoms with Gasteiger partial charge in [-0.2, -0.15) is 5.10 Å². The third-order valence-corrected chi connectivity index (χ3v) is 3.75. The lowest BCUT2D eigenvalue weighted by molar-refractivity contribution is 0.102. The predicted molar refractivity (Wildman–Crippen MR) is 88.5 cm³/mol. The first-order chi connectivity index (χ1) is 11.1. The number of benzene rings is 1. The van der Waals surface area contributed by atoms with Crippen LogP contribution in [0.4, 0.5) is 5.69 Å². The second-order valence-electron chi connectivity index (χ2n) is 4.90. The summed E-state index contributed by atoms with van der Waals surface area (Å²) in [5.41, 5.74) is 0.931. The molecule has 0 saturated heterocycles. The number of carbonyl (C=O) groups excluding carboxylic acids is 1. The molecule has 0 unspecified atom stereocenters. The fourth-order valence-electron chi connectivity index (χ4n) is 2.29. The molecule has 0 radical (unpaired) electrons. The minimum atomic E-state index is -0.294. The van der Waals surface area contributed by atoms with Crippen molar-refractivity contribution in [2.45, 2.75) is 0 Å². The van der Waals surface area contributed by atoms with Crippen LogP contribution in [-0.4, -0.2) is 27.4 Å². The van der Waals surface area contributed by atoms with Crippen molar-refractivity contribution < 1.29 is 9.53 Å². The van der Waals surface area contributed by atoms with Crippen LogP contribution >= 0.6 is 11.6 Å². The van der Waals surface area contributed by atoms with E-state index in [1.54, 1.807) is 37.0 Å². The molecule has 1 N–H and O–H groups in total. The van der Waals surface area contributed by atoms with Crippen molar-refractivity contribution in [3.8, 4) is 11.6 Å². The van der Waals surface area contributed by atoms with Gasteiger partial charge in [0.15, 0.2) is 0 Å². The number of aryl methyl sites for hydroxylation is 1. The molecule has 0 saturated carbocycles. The molecule has 0 atom stereocenters. The summed E-state index contributed by atoms with van der Waals surface area (Å²) in [6, 6.07) is 8.84. The normalized spacial score (nSPS) is 10.6. The van der Waals surface area contributed by atoms with Gasteiger partial charge in [0.25, 0.3) is 5.91 Å². The molecule has 3 rings (SSSR count). The van der Waals surface area contributed by atoms with Gasteiger partial charge >= 0.3 is 0 Å². The topological polar surface area (TPSA) is 61.1 Å². The van der Waals surface area contributed by atoms with Gasteiger partial charge < -0.3 is 14.6 Å². The Balaban J connectivity index is 1.94. The number of hydrogen-bond donors (Lipinski definition) is 1. The van der Waals surface area contributed by atoms with Crippen molar-refractivity contribution in [2.75, 3.05) is 12.4 Å². The Labute approximate surface area is 138 Å². The summed E-state index contributed by atoms with van der Waals surface area (Å²) in [6.07, 6.45) is 5.23. The molecule has 0 aliphatic rings. The number of ether oxygens (including phenoxy) is 1. The quantitative estimate of drug-likeness (QED) is 0.799. The SMILES string of the molecule is COc1ccc(Cl)c(NC(=O)c2cnn(C)c2-n2cccc2)c1. The zero-order chi connectivity index (χ0) is 16.4. The monoisotopic (exact) mass is 330 g/mol. The average Bonchev–Trinajstić information content (AvgIpc) is 3.18. The van der Waals surface area contributed by atoms with E-state index < -0.39 is 0 Å². The van der Waals surface area contributed by atoms with E-state index in [0.29, 0.717) is 27.8 Å². The van der Waals surface area contributed by atoms with Crippen LogP contribution in [0, 0.1) is 0 Å². The molecule has 23 heavy (non-hydrogen) atoms. The Morgan fingerprint density at radius 1 is 1.30 bits per heavy atom. The zero-order valence-electron chi connectivity index (χ0n) is 12.7. The van der Waals surface area contributed by atoms with Gasteiger partial charge in [-0.25, -0.2) is 0 Å². The molecule has 118 valence electrons. The molecule has 7 heteroatoms. The Kier molecular flexibility index (Phi) is 4.08. The molecule has 3 aromatic rings. The highest BCUT2D eigenvalue weighted by Gasteiger charge is 2.18. The highest BCUT2D eigenvalue weighted by Crippen LogP contribution is 2.27. The van der Waals surface area contributed by atoms with Gasteiger partial charge in [0.05, 0.1) is 24.0 Å². The zero-order valence-corrected chi connectivity index (χ0v) is 13.4. The summed E-state index contributed by atoms with van der Waals surface area (Å²) < 4.78 is 8.62. The van der Waals surface area contributed by atoms with E-state index >= 15 is 0 Å². The maximum absolute atomic E-state index is 12.6. The molecular weight excluding hydrogens is 316 g/mol. The van der Waals surface area contributed by atoms with E-state index in [2.05, 4.69) is 10.4 Å².